The van der Waals surface area contributed by atoms with Crippen LogP contribution in [-0.4, -0.2) is 27.4 Å². The van der Waals surface area contributed by atoms with Crippen LogP contribution in [0.15, 0.2) is 0 Å². The molecule has 0 aliphatic carbocycles. The van der Waals surface area contributed by atoms with Crippen molar-refractivity contribution in [1.29, 1.82) is 0 Å². The molecule has 0 saturated carbocycles. The van der Waals surface area contributed by atoms with E-state index >= 15 is 0 Å². The molecule has 0 aromatic heterocycles. The number of hydrogen-bond acceptors (Lipinski definition) is 3. The van der Waals surface area contributed by atoms with Crippen molar-refractivity contribution >= 4 is 9.76 Å². The van der Waals surface area contributed by atoms with Crippen LogP contribution in [0.1, 0.15) is 87.0 Å². The Morgan fingerprint density at radius 1 is 0.810 bits per heavy atom. The maximum absolute atomic E-state index is 6.04. The first-order valence-corrected chi connectivity index (χ1v) is 10.3. The van der Waals surface area contributed by atoms with Gasteiger partial charge in [-0.2, -0.15) is 0 Å². The van der Waals surface area contributed by atoms with Gasteiger partial charge in [0.15, 0.2) is 9.76 Å². The third-order valence-corrected chi connectivity index (χ3v) is 5.33. The third-order valence-electron chi connectivity index (χ3n) is 4.04. The Morgan fingerprint density at radius 3 is 1.76 bits per heavy atom. The predicted octanol–water partition coefficient (Wildman–Crippen LogP) is 4.78. The van der Waals surface area contributed by atoms with Gasteiger partial charge in [0, 0.05) is 0 Å². The first-order valence-electron chi connectivity index (χ1n) is 8.73. The molecule has 0 unspecified atom stereocenters. The highest BCUT2D eigenvalue weighted by atomic mass is 28.2. The molecule has 0 spiro atoms. The average Bonchev–Trinajstić information content (AvgIpc) is 2.42. The number of hydrogen-bond donors (Lipinski definition) is 0. The Balaban J connectivity index is 4.26. The standard InChI is InChI=1S/C17H38O3Si/c1-8-11-12-13-14-21-20-15(18-16(4,5)9-2)19-17(6,7)10-3/h15H,8-14,21H2,1-7H3. The van der Waals surface area contributed by atoms with Crippen LogP contribution in [0, 0.1) is 0 Å². The lowest BCUT2D eigenvalue weighted by Gasteiger charge is -2.35. The van der Waals surface area contributed by atoms with Crippen LogP contribution >= 0.6 is 0 Å². The molecule has 0 aromatic carbocycles. The van der Waals surface area contributed by atoms with Crippen molar-refractivity contribution < 1.29 is 13.9 Å². The monoisotopic (exact) mass is 318 g/mol. The lowest BCUT2D eigenvalue weighted by molar-refractivity contribution is -0.321. The van der Waals surface area contributed by atoms with Crippen LogP contribution in [0.4, 0.5) is 0 Å². The minimum absolute atomic E-state index is 0.203. The van der Waals surface area contributed by atoms with E-state index in [4.69, 9.17) is 13.9 Å². The van der Waals surface area contributed by atoms with Crippen LogP contribution in [0.25, 0.3) is 0 Å². The van der Waals surface area contributed by atoms with Crippen molar-refractivity contribution in [2.75, 3.05) is 0 Å². The summed E-state index contributed by atoms with van der Waals surface area (Å²) in [5.74, 6) is 0. The van der Waals surface area contributed by atoms with E-state index in [1.807, 2.05) is 0 Å². The van der Waals surface area contributed by atoms with E-state index < -0.39 is 16.2 Å². The SMILES string of the molecule is CCCCCC[SiH2]OC(OC(C)(C)CC)OC(C)(C)CC. The van der Waals surface area contributed by atoms with Gasteiger partial charge in [0.25, 0.3) is 6.48 Å². The van der Waals surface area contributed by atoms with Gasteiger partial charge >= 0.3 is 0 Å². The zero-order valence-electron chi connectivity index (χ0n) is 15.5. The highest BCUT2D eigenvalue weighted by Gasteiger charge is 2.28. The van der Waals surface area contributed by atoms with Crippen LogP contribution in [0.2, 0.25) is 6.04 Å². The summed E-state index contributed by atoms with van der Waals surface area (Å²) in [4.78, 5) is 0. The van der Waals surface area contributed by atoms with E-state index in [-0.39, 0.29) is 11.2 Å². The van der Waals surface area contributed by atoms with E-state index in [1.165, 1.54) is 31.7 Å². The van der Waals surface area contributed by atoms with Crippen molar-refractivity contribution in [3.63, 3.8) is 0 Å². The van der Waals surface area contributed by atoms with Crippen molar-refractivity contribution in [1.82, 2.24) is 0 Å². The minimum atomic E-state index is -0.567. The fourth-order valence-corrected chi connectivity index (χ4v) is 2.72. The molecule has 0 bridgehead atoms. The molecule has 0 radical (unpaired) electrons. The van der Waals surface area contributed by atoms with Gasteiger partial charge in [0.1, 0.15) is 0 Å². The molecule has 0 heterocycles. The first-order chi connectivity index (χ1) is 9.76. The lowest BCUT2D eigenvalue weighted by atomic mass is 10.1. The minimum Gasteiger partial charge on any atom is -0.379 e. The third kappa shape index (κ3) is 11.3. The number of rotatable bonds is 13. The smallest absolute Gasteiger partial charge is 0.262 e. The first kappa shape index (κ1) is 21.1. The van der Waals surface area contributed by atoms with Gasteiger partial charge in [-0.05, 0) is 46.6 Å². The van der Waals surface area contributed by atoms with Crippen LogP contribution in [0.3, 0.4) is 0 Å². The number of unbranched alkanes of at least 4 members (excludes halogenated alkanes) is 3. The largest absolute Gasteiger partial charge is 0.379 e. The maximum Gasteiger partial charge on any atom is 0.262 e. The second-order valence-electron chi connectivity index (χ2n) is 7.04. The van der Waals surface area contributed by atoms with E-state index in [0.29, 0.717) is 0 Å². The Morgan fingerprint density at radius 2 is 1.33 bits per heavy atom. The molecule has 0 rings (SSSR count). The fourth-order valence-electron chi connectivity index (χ4n) is 1.66. The quantitative estimate of drug-likeness (QED) is 0.278. The molecule has 0 atom stereocenters. The van der Waals surface area contributed by atoms with Gasteiger partial charge in [0.2, 0.25) is 0 Å². The number of ether oxygens (including phenoxy) is 2. The molecule has 21 heavy (non-hydrogen) atoms. The van der Waals surface area contributed by atoms with Gasteiger partial charge in [-0.3, -0.25) is 0 Å². The van der Waals surface area contributed by atoms with E-state index in [1.54, 1.807) is 0 Å². The van der Waals surface area contributed by atoms with Crippen molar-refractivity contribution in [2.24, 2.45) is 0 Å². The van der Waals surface area contributed by atoms with Gasteiger partial charge in [-0.25, -0.2) is 0 Å². The molecule has 0 saturated heterocycles. The summed E-state index contributed by atoms with van der Waals surface area (Å²) in [6.45, 7) is 14.4. The molecule has 3 nitrogen and oxygen atoms in total. The summed E-state index contributed by atoms with van der Waals surface area (Å²) in [6.07, 6.45) is 7.10. The van der Waals surface area contributed by atoms with E-state index in [2.05, 4.69) is 48.5 Å². The van der Waals surface area contributed by atoms with E-state index in [0.717, 1.165) is 12.8 Å². The zero-order valence-corrected chi connectivity index (χ0v) is 16.9. The van der Waals surface area contributed by atoms with Crippen LogP contribution < -0.4 is 0 Å². The lowest BCUT2D eigenvalue weighted by Crippen LogP contribution is -2.39. The molecular formula is C17H38O3Si. The molecule has 4 heteroatoms. The van der Waals surface area contributed by atoms with Crippen LogP contribution in [0.5, 0.6) is 0 Å². The molecule has 0 amide bonds. The topological polar surface area (TPSA) is 27.7 Å². The van der Waals surface area contributed by atoms with Crippen LogP contribution in [-0.2, 0) is 13.9 Å². The van der Waals surface area contributed by atoms with Gasteiger partial charge in [-0.1, -0.05) is 46.5 Å². The molecule has 0 N–H and O–H groups in total. The molecule has 0 aromatic rings. The maximum atomic E-state index is 6.04. The zero-order chi connectivity index (χ0) is 16.4. The summed E-state index contributed by atoms with van der Waals surface area (Å²) in [6, 6.07) is 1.21. The van der Waals surface area contributed by atoms with Crippen molar-refractivity contribution in [3.8, 4) is 0 Å². The summed E-state index contributed by atoms with van der Waals surface area (Å²) >= 11 is 0. The summed E-state index contributed by atoms with van der Waals surface area (Å²) in [5.41, 5.74) is -0.407. The molecular weight excluding hydrogens is 280 g/mol. The van der Waals surface area contributed by atoms with Crippen molar-refractivity contribution in [2.45, 2.75) is 111 Å². The molecule has 0 aliphatic heterocycles. The average molecular weight is 319 g/mol. The fraction of sp³-hybridized carbons (Fsp3) is 1.00. The highest BCUT2D eigenvalue weighted by molar-refractivity contribution is 6.27. The normalized spacial score (nSPS) is 13.7. The molecule has 0 fully saturated rings. The predicted molar refractivity (Wildman–Crippen MR) is 93.3 cm³/mol. The highest BCUT2D eigenvalue weighted by Crippen LogP contribution is 2.23. The van der Waals surface area contributed by atoms with Gasteiger partial charge in [0.05, 0.1) is 11.2 Å². The summed E-state index contributed by atoms with van der Waals surface area (Å²) < 4.78 is 18.1. The molecule has 128 valence electrons. The second-order valence-corrected chi connectivity index (χ2v) is 8.48. The van der Waals surface area contributed by atoms with Gasteiger partial charge in [-0.15, -0.1) is 0 Å². The Bertz CT molecular complexity index is 236. The van der Waals surface area contributed by atoms with Gasteiger partial charge < -0.3 is 13.9 Å². The van der Waals surface area contributed by atoms with E-state index in [9.17, 15) is 0 Å². The summed E-state index contributed by atoms with van der Waals surface area (Å²) in [7, 11) is -0.567. The molecule has 0 aliphatic rings. The van der Waals surface area contributed by atoms with Crippen molar-refractivity contribution in [3.05, 3.63) is 0 Å². The second kappa shape index (κ2) is 10.8. The Labute approximate surface area is 135 Å². The Kier molecular flexibility index (Phi) is 10.8. The Hall–Kier alpha value is 0.0969. The summed E-state index contributed by atoms with van der Waals surface area (Å²) in [5, 5.41) is 0.